The molecule has 0 saturated carbocycles. The maximum Gasteiger partial charge on any atom is 0.151 e. The molecule has 2 aliphatic rings. The van der Waals surface area contributed by atoms with Crippen molar-refractivity contribution in [3.63, 3.8) is 0 Å². The predicted molar refractivity (Wildman–Crippen MR) is 93.2 cm³/mol. The molecule has 2 aromatic rings. The van der Waals surface area contributed by atoms with Crippen molar-refractivity contribution in [3.05, 3.63) is 48.5 Å². The van der Waals surface area contributed by atoms with E-state index in [0.29, 0.717) is 13.1 Å². The lowest BCUT2D eigenvalue weighted by atomic mass is 10.1. The Bertz CT molecular complexity index is 655. The maximum absolute atomic E-state index is 10.6. The van der Waals surface area contributed by atoms with Crippen molar-refractivity contribution >= 4 is 11.4 Å². The Kier molecular flexibility index (Phi) is 4.38. The molecular formula is C19H22N2O3. The van der Waals surface area contributed by atoms with Gasteiger partial charge in [0.2, 0.25) is 0 Å². The number of fused-ring (bicyclic) bond motifs is 2. The number of hydrogen-bond donors (Lipinski definition) is 1. The van der Waals surface area contributed by atoms with E-state index in [1.807, 2.05) is 48.5 Å². The van der Waals surface area contributed by atoms with E-state index in [-0.39, 0.29) is 0 Å². The van der Waals surface area contributed by atoms with E-state index < -0.39 is 6.10 Å². The summed E-state index contributed by atoms with van der Waals surface area (Å²) in [5.74, 6) is 1.66. The van der Waals surface area contributed by atoms with E-state index in [9.17, 15) is 5.11 Å². The number of hydrogen-bond acceptors (Lipinski definition) is 5. The summed E-state index contributed by atoms with van der Waals surface area (Å²) in [4.78, 5) is 4.41. The van der Waals surface area contributed by atoms with Crippen LogP contribution in [0.3, 0.4) is 0 Å². The molecule has 1 N–H and O–H groups in total. The van der Waals surface area contributed by atoms with Crippen molar-refractivity contribution in [2.75, 3.05) is 44.3 Å². The third-order valence-electron chi connectivity index (χ3n) is 4.50. The average molecular weight is 326 g/mol. The van der Waals surface area contributed by atoms with Crippen molar-refractivity contribution in [2.45, 2.75) is 6.10 Å². The number of nitrogens with zero attached hydrogens (tertiary/aromatic N) is 2. The fourth-order valence-electron chi connectivity index (χ4n) is 3.33. The molecular weight excluding hydrogens is 304 g/mol. The molecule has 2 aromatic carbocycles. The molecule has 0 spiro atoms. The van der Waals surface area contributed by atoms with Crippen LogP contribution in [0, 0.1) is 0 Å². The predicted octanol–water partition coefficient (Wildman–Crippen LogP) is 2.62. The summed E-state index contributed by atoms with van der Waals surface area (Å²) in [6.45, 7) is 4.45. The Balaban J connectivity index is 1.55. The highest BCUT2D eigenvalue weighted by Gasteiger charge is 2.26. The minimum atomic E-state index is -0.442. The zero-order chi connectivity index (χ0) is 16.4. The second-order valence-electron chi connectivity index (χ2n) is 6.21. The summed E-state index contributed by atoms with van der Waals surface area (Å²) in [5, 5.41) is 10.6. The van der Waals surface area contributed by atoms with Crippen molar-refractivity contribution in [2.24, 2.45) is 0 Å². The molecule has 0 radical (unpaired) electrons. The van der Waals surface area contributed by atoms with E-state index in [1.165, 1.54) is 0 Å². The van der Waals surface area contributed by atoms with Gasteiger partial charge in [0.1, 0.15) is 0 Å². The smallest absolute Gasteiger partial charge is 0.151 e. The van der Waals surface area contributed by atoms with Crippen molar-refractivity contribution in [3.8, 4) is 11.5 Å². The first-order chi connectivity index (χ1) is 11.8. The maximum atomic E-state index is 10.6. The first-order valence-electron chi connectivity index (χ1n) is 8.43. The molecule has 4 rings (SSSR count). The third-order valence-corrected chi connectivity index (χ3v) is 4.50. The second kappa shape index (κ2) is 6.81. The van der Waals surface area contributed by atoms with E-state index in [0.717, 1.165) is 49.2 Å². The molecule has 5 heteroatoms. The van der Waals surface area contributed by atoms with Crippen molar-refractivity contribution in [1.82, 2.24) is 4.90 Å². The van der Waals surface area contributed by atoms with Gasteiger partial charge in [0.15, 0.2) is 11.5 Å². The summed E-state index contributed by atoms with van der Waals surface area (Å²) in [6, 6.07) is 15.9. The van der Waals surface area contributed by atoms with Crippen LogP contribution < -0.4 is 9.64 Å². The standard InChI is InChI=1S/C19H22N2O3/c22-15(13-20-9-11-23-12-10-20)14-21-16-5-1-3-7-18(16)24-19-8-4-2-6-17(19)21/h1-8,15,22H,9-14H2. The normalized spacial score (nSPS) is 18.5. The molecule has 0 aromatic heterocycles. The minimum Gasteiger partial charge on any atom is -0.453 e. The third kappa shape index (κ3) is 3.11. The molecule has 1 unspecified atom stereocenters. The number of morpholine rings is 1. The number of ether oxygens (including phenoxy) is 2. The van der Waals surface area contributed by atoms with Gasteiger partial charge in [-0.15, -0.1) is 0 Å². The molecule has 0 amide bonds. The largest absolute Gasteiger partial charge is 0.453 e. The van der Waals surface area contributed by atoms with Gasteiger partial charge in [0, 0.05) is 19.6 Å². The molecule has 1 atom stereocenters. The van der Waals surface area contributed by atoms with Gasteiger partial charge >= 0.3 is 0 Å². The summed E-state index contributed by atoms with van der Waals surface area (Å²) in [7, 11) is 0. The van der Waals surface area contributed by atoms with Gasteiger partial charge in [-0.2, -0.15) is 0 Å². The summed E-state index contributed by atoms with van der Waals surface area (Å²) < 4.78 is 11.4. The number of aliphatic hydroxyl groups excluding tert-OH is 1. The molecule has 2 heterocycles. The molecule has 126 valence electrons. The number of benzene rings is 2. The van der Waals surface area contributed by atoms with Crippen LogP contribution in [-0.4, -0.2) is 55.5 Å². The highest BCUT2D eigenvalue weighted by molar-refractivity contribution is 5.77. The van der Waals surface area contributed by atoms with Crippen LogP contribution in [-0.2, 0) is 4.74 Å². The van der Waals surface area contributed by atoms with Gasteiger partial charge in [-0.25, -0.2) is 0 Å². The molecule has 24 heavy (non-hydrogen) atoms. The molecule has 1 saturated heterocycles. The van der Waals surface area contributed by atoms with E-state index in [2.05, 4.69) is 9.80 Å². The Morgan fingerprint density at radius 1 is 0.875 bits per heavy atom. The Labute approximate surface area is 142 Å². The Morgan fingerprint density at radius 2 is 1.46 bits per heavy atom. The van der Waals surface area contributed by atoms with Gasteiger partial charge in [-0.1, -0.05) is 24.3 Å². The van der Waals surface area contributed by atoms with Gasteiger partial charge < -0.3 is 19.5 Å². The topological polar surface area (TPSA) is 45.2 Å². The van der Waals surface area contributed by atoms with Crippen LogP contribution in [0.15, 0.2) is 48.5 Å². The number of rotatable bonds is 4. The molecule has 1 fully saturated rings. The molecule has 2 aliphatic heterocycles. The minimum absolute atomic E-state index is 0.442. The molecule has 0 bridgehead atoms. The lowest BCUT2D eigenvalue weighted by Crippen LogP contribution is -2.44. The molecule has 0 aliphatic carbocycles. The van der Waals surface area contributed by atoms with Crippen molar-refractivity contribution < 1.29 is 14.6 Å². The van der Waals surface area contributed by atoms with E-state index >= 15 is 0 Å². The molecule has 5 nitrogen and oxygen atoms in total. The number of anilines is 2. The number of para-hydroxylation sites is 4. The highest BCUT2D eigenvalue weighted by Crippen LogP contribution is 2.46. The van der Waals surface area contributed by atoms with Crippen LogP contribution >= 0.6 is 0 Å². The monoisotopic (exact) mass is 326 g/mol. The number of β-amino-alcohol motifs (C(OH)–C–C–N with tert-alkyl or cyclic N) is 1. The fraction of sp³-hybridized carbons (Fsp3) is 0.368. The summed E-state index contributed by atoms with van der Waals surface area (Å²) in [6.07, 6.45) is -0.442. The van der Waals surface area contributed by atoms with Crippen LogP contribution in [0.4, 0.5) is 11.4 Å². The zero-order valence-electron chi connectivity index (χ0n) is 13.6. The Morgan fingerprint density at radius 3 is 2.08 bits per heavy atom. The Hall–Kier alpha value is -2.08. The highest BCUT2D eigenvalue weighted by atomic mass is 16.5. The van der Waals surface area contributed by atoms with Gasteiger partial charge in [0.05, 0.1) is 37.2 Å². The second-order valence-corrected chi connectivity index (χ2v) is 6.21. The summed E-state index contributed by atoms with van der Waals surface area (Å²) >= 11 is 0. The van der Waals surface area contributed by atoms with Gasteiger partial charge in [-0.05, 0) is 24.3 Å². The van der Waals surface area contributed by atoms with Crippen LogP contribution in [0.5, 0.6) is 11.5 Å². The summed E-state index contributed by atoms with van der Waals surface area (Å²) in [5.41, 5.74) is 1.99. The van der Waals surface area contributed by atoms with E-state index in [4.69, 9.17) is 9.47 Å². The van der Waals surface area contributed by atoms with Crippen molar-refractivity contribution in [1.29, 1.82) is 0 Å². The lowest BCUT2D eigenvalue weighted by Gasteiger charge is -2.35. The average Bonchev–Trinajstić information content (AvgIpc) is 2.62. The SMILES string of the molecule is OC(CN1CCOCC1)CN1c2ccccc2Oc2ccccc21. The van der Waals surface area contributed by atoms with Crippen LogP contribution in [0.1, 0.15) is 0 Å². The van der Waals surface area contributed by atoms with Gasteiger partial charge in [-0.3, -0.25) is 4.90 Å². The fourth-order valence-corrected chi connectivity index (χ4v) is 3.33. The quantitative estimate of drug-likeness (QED) is 0.936. The van der Waals surface area contributed by atoms with Crippen LogP contribution in [0.25, 0.3) is 0 Å². The first kappa shape index (κ1) is 15.4. The van der Waals surface area contributed by atoms with E-state index in [1.54, 1.807) is 0 Å². The number of aliphatic hydroxyl groups is 1. The van der Waals surface area contributed by atoms with Crippen LogP contribution in [0.2, 0.25) is 0 Å². The lowest BCUT2D eigenvalue weighted by molar-refractivity contribution is 0.0164. The zero-order valence-corrected chi connectivity index (χ0v) is 13.6. The van der Waals surface area contributed by atoms with Gasteiger partial charge in [0.25, 0.3) is 0 Å². The first-order valence-corrected chi connectivity index (χ1v) is 8.43.